The van der Waals surface area contributed by atoms with Gasteiger partial charge in [-0.25, -0.2) is 0 Å². The Kier molecular flexibility index (Phi) is 4.65. The van der Waals surface area contributed by atoms with E-state index in [4.69, 9.17) is 0 Å². The molecule has 1 aromatic heterocycles. The number of nitrogens with zero attached hydrogens (tertiary/aromatic N) is 2. The second kappa shape index (κ2) is 6.88. The van der Waals surface area contributed by atoms with Gasteiger partial charge in [0.2, 0.25) is 5.91 Å². The third kappa shape index (κ3) is 3.39. The van der Waals surface area contributed by atoms with Gasteiger partial charge in [-0.3, -0.25) is 15.1 Å². The average molecular weight is 389 g/mol. The van der Waals surface area contributed by atoms with Crippen LogP contribution in [0.5, 0.6) is 0 Å². The van der Waals surface area contributed by atoms with Gasteiger partial charge in [0.1, 0.15) is 0 Å². The molecule has 1 spiro atoms. The lowest BCUT2D eigenvalue weighted by Crippen LogP contribution is -2.57. The van der Waals surface area contributed by atoms with Gasteiger partial charge >= 0.3 is 6.18 Å². The largest absolute Gasteiger partial charge is 0.416 e. The van der Waals surface area contributed by atoms with Crippen molar-refractivity contribution < 1.29 is 18.0 Å². The molecule has 0 bridgehead atoms. The number of likely N-dealkylation sites (N-methyl/N-ethyl adjacent to an activating group) is 1. The molecule has 2 atom stereocenters. The van der Waals surface area contributed by atoms with Gasteiger partial charge in [0.15, 0.2) is 0 Å². The molecule has 2 aliphatic rings. The number of carbonyl (C=O) groups is 1. The highest BCUT2D eigenvalue weighted by atomic mass is 19.4. The van der Waals surface area contributed by atoms with E-state index < -0.39 is 17.3 Å². The lowest BCUT2D eigenvalue weighted by molar-refractivity contribution is -0.140. The molecule has 0 unspecified atom stereocenters. The fourth-order valence-electron chi connectivity index (χ4n) is 4.32. The molecule has 0 aliphatic carbocycles. The van der Waals surface area contributed by atoms with E-state index in [1.54, 1.807) is 17.2 Å². The number of hydrogen-bond donors (Lipinski definition) is 1. The van der Waals surface area contributed by atoms with Crippen molar-refractivity contribution in [3.63, 3.8) is 0 Å². The van der Waals surface area contributed by atoms with Crippen molar-refractivity contribution in [1.82, 2.24) is 15.2 Å². The molecule has 2 fully saturated rings. The fraction of sp³-hybridized carbons (Fsp3) is 0.429. The van der Waals surface area contributed by atoms with Crippen molar-refractivity contribution in [2.45, 2.75) is 43.4 Å². The summed E-state index contributed by atoms with van der Waals surface area (Å²) < 4.78 is 38.3. The highest BCUT2D eigenvalue weighted by molar-refractivity contribution is 5.87. The monoisotopic (exact) mass is 389 g/mol. The predicted molar refractivity (Wildman–Crippen MR) is 99.4 cm³/mol. The summed E-state index contributed by atoms with van der Waals surface area (Å²) in [6.07, 6.45) is 0.704. The van der Waals surface area contributed by atoms with Gasteiger partial charge in [-0.1, -0.05) is 12.1 Å². The maximum absolute atomic E-state index is 12.8. The summed E-state index contributed by atoms with van der Waals surface area (Å²) in [6, 6.07) is 8.79. The smallest absolute Gasteiger partial charge is 0.344 e. The Morgan fingerprint density at radius 3 is 2.61 bits per heavy atom. The van der Waals surface area contributed by atoms with Crippen LogP contribution in [0.2, 0.25) is 0 Å². The van der Waals surface area contributed by atoms with E-state index in [1.807, 2.05) is 13.1 Å². The number of carbonyl (C=O) groups excluding carboxylic acids is 1. The molecule has 2 saturated heterocycles. The Hall–Kier alpha value is -2.41. The van der Waals surface area contributed by atoms with Crippen molar-refractivity contribution in [3.8, 4) is 11.1 Å². The Balaban J connectivity index is 1.56. The van der Waals surface area contributed by atoms with Crippen LogP contribution in [0.1, 0.15) is 43.0 Å². The standard InChI is InChI=1S/C21H22F3N3O/c1-27-12-2-9-20(19(27)28)10-7-17(26-20)18-13-15(8-11-25-18)14-3-5-16(6-4-14)21(22,23)24/h3-6,8,11,13,17,26H,2,7,9-10,12H2,1H3/t17-,20+/m1/s1. The van der Waals surface area contributed by atoms with Gasteiger partial charge in [0.25, 0.3) is 0 Å². The lowest BCUT2D eigenvalue weighted by Gasteiger charge is -2.38. The van der Waals surface area contributed by atoms with E-state index in [0.29, 0.717) is 5.56 Å². The van der Waals surface area contributed by atoms with E-state index >= 15 is 0 Å². The van der Waals surface area contributed by atoms with Crippen LogP contribution in [0, 0.1) is 0 Å². The Labute approximate surface area is 161 Å². The number of likely N-dealkylation sites (tertiary alicyclic amines) is 1. The van der Waals surface area contributed by atoms with Gasteiger partial charge in [-0.05, 0) is 61.1 Å². The Morgan fingerprint density at radius 1 is 1.14 bits per heavy atom. The quantitative estimate of drug-likeness (QED) is 0.838. The van der Waals surface area contributed by atoms with Crippen molar-refractivity contribution in [1.29, 1.82) is 0 Å². The van der Waals surface area contributed by atoms with Crippen LogP contribution in [0.4, 0.5) is 13.2 Å². The van der Waals surface area contributed by atoms with E-state index in [9.17, 15) is 18.0 Å². The second-order valence-electron chi connectivity index (χ2n) is 7.69. The van der Waals surface area contributed by atoms with E-state index in [-0.39, 0.29) is 11.9 Å². The van der Waals surface area contributed by atoms with E-state index in [2.05, 4.69) is 10.3 Å². The van der Waals surface area contributed by atoms with Crippen molar-refractivity contribution in [2.75, 3.05) is 13.6 Å². The molecule has 0 saturated carbocycles. The summed E-state index contributed by atoms with van der Waals surface area (Å²) in [4.78, 5) is 18.9. The second-order valence-corrected chi connectivity index (χ2v) is 7.69. The number of amides is 1. The summed E-state index contributed by atoms with van der Waals surface area (Å²) in [7, 11) is 1.84. The number of aromatic nitrogens is 1. The highest BCUT2D eigenvalue weighted by Gasteiger charge is 2.48. The third-order valence-electron chi connectivity index (χ3n) is 5.85. The minimum atomic E-state index is -4.34. The predicted octanol–water partition coefficient (Wildman–Crippen LogP) is 4.18. The van der Waals surface area contributed by atoms with Crippen LogP contribution in [-0.2, 0) is 11.0 Å². The first kappa shape index (κ1) is 18.9. The molecule has 2 aromatic rings. The Bertz CT molecular complexity index is 881. The molecular weight excluding hydrogens is 367 g/mol. The van der Waals surface area contributed by atoms with Crippen LogP contribution in [0.25, 0.3) is 11.1 Å². The lowest BCUT2D eigenvalue weighted by atomic mass is 9.87. The highest BCUT2D eigenvalue weighted by Crippen LogP contribution is 2.39. The summed E-state index contributed by atoms with van der Waals surface area (Å²) in [6.45, 7) is 0.786. The fourth-order valence-corrected chi connectivity index (χ4v) is 4.32. The van der Waals surface area contributed by atoms with Gasteiger partial charge in [0, 0.05) is 19.8 Å². The molecule has 0 radical (unpaired) electrons. The maximum atomic E-state index is 12.8. The Morgan fingerprint density at radius 2 is 1.89 bits per heavy atom. The zero-order valence-electron chi connectivity index (χ0n) is 15.6. The SMILES string of the molecule is CN1CCC[C@]2(CC[C@H](c3cc(-c4ccc(C(F)(F)F)cc4)ccn3)N2)C1=O. The summed E-state index contributed by atoms with van der Waals surface area (Å²) in [5, 5.41) is 3.51. The summed E-state index contributed by atoms with van der Waals surface area (Å²) in [5.74, 6) is 0.139. The van der Waals surface area contributed by atoms with Crippen LogP contribution in [-0.4, -0.2) is 34.9 Å². The van der Waals surface area contributed by atoms with Gasteiger partial charge in [0.05, 0.1) is 22.8 Å². The number of alkyl halides is 3. The minimum Gasteiger partial charge on any atom is -0.344 e. The summed E-state index contributed by atoms with van der Waals surface area (Å²) in [5.41, 5.74) is 1.16. The van der Waals surface area contributed by atoms with Crippen molar-refractivity contribution in [3.05, 3.63) is 53.9 Å². The van der Waals surface area contributed by atoms with E-state index in [0.717, 1.165) is 55.6 Å². The number of halogens is 3. The maximum Gasteiger partial charge on any atom is 0.416 e. The normalized spacial score (nSPS) is 25.5. The average Bonchev–Trinajstić information content (AvgIpc) is 3.11. The molecule has 7 heteroatoms. The number of rotatable bonds is 2. The molecule has 1 aromatic carbocycles. The van der Waals surface area contributed by atoms with Crippen LogP contribution in [0.3, 0.4) is 0 Å². The molecule has 2 aliphatic heterocycles. The minimum absolute atomic E-state index is 0.0372. The number of nitrogens with one attached hydrogen (secondary N) is 1. The molecule has 1 N–H and O–H groups in total. The van der Waals surface area contributed by atoms with Crippen molar-refractivity contribution in [2.24, 2.45) is 0 Å². The van der Waals surface area contributed by atoms with Crippen LogP contribution < -0.4 is 5.32 Å². The van der Waals surface area contributed by atoms with Gasteiger partial charge in [-0.2, -0.15) is 13.2 Å². The van der Waals surface area contributed by atoms with Crippen LogP contribution >= 0.6 is 0 Å². The zero-order valence-corrected chi connectivity index (χ0v) is 15.6. The molecule has 4 nitrogen and oxygen atoms in total. The molecule has 1 amide bonds. The first-order valence-electron chi connectivity index (χ1n) is 9.45. The van der Waals surface area contributed by atoms with Gasteiger partial charge < -0.3 is 4.90 Å². The first-order chi connectivity index (χ1) is 13.3. The molecule has 4 rings (SSSR count). The zero-order chi connectivity index (χ0) is 19.9. The molecule has 3 heterocycles. The third-order valence-corrected chi connectivity index (χ3v) is 5.85. The molecule has 28 heavy (non-hydrogen) atoms. The van der Waals surface area contributed by atoms with Crippen LogP contribution in [0.15, 0.2) is 42.6 Å². The number of hydrogen-bond acceptors (Lipinski definition) is 3. The number of piperidine rings is 1. The topological polar surface area (TPSA) is 45.2 Å². The molecule has 148 valence electrons. The number of benzene rings is 1. The van der Waals surface area contributed by atoms with E-state index in [1.165, 1.54) is 12.1 Å². The van der Waals surface area contributed by atoms with Crippen molar-refractivity contribution >= 4 is 5.91 Å². The first-order valence-corrected chi connectivity index (χ1v) is 9.45. The number of pyridine rings is 1. The molecular formula is C21H22F3N3O. The summed E-state index contributed by atoms with van der Waals surface area (Å²) >= 11 is 0. The van der Waals surface area contributed by atoms with Gasteiger partial charge in [-0.15, -0.1) is 0 Å².